The van der Waals surface area contributed by atoms with Crippen LogP contribution in [0.5, 0.6) is 0 Å². The summed E-state index contributed by atoms with van der Waals surface area (Å²) in [6, 6.07) is 9.47. The molecule has 1 atom stereocenters. The molecule has 1 N–H and O–H groups in total. The Morgan fingerprint density at radius 3 is 2.67 bits per heavy atom. The van der Waals surface area contributed by atoms with Gasteiger partial charge in [0, 0.05) is 6.42 Å². The number of rotatable bonds is 5. The molecule has 0 spiro atoms. The second-order valence-corrected chi connectivity index (χ2v) is 5.45. The Bertz CT molecular complexity index is 515. The molecule has 1 aliphatic heterocycles. The second kappa shape index (κ2) is 5.38. The fraction of sp³-hybridized carbons (Fsp3) is 0.273. The molecule has 98 valence electrons. The first-order chi connectivity index (χ1) is 8.54. The van der Waals surface area contributed by atoms with E-state index in [1.165, 1.54) is 11.3 Å². The lowest BCUT2D eigenvalue weighted by molar-refractivity contribution is -0.0528. The zero-order valence-electron chi connectivity index (χ0n) is 9.81. The van der Waals surface area contributed by atoms with Crippen LogP contribution in [0.4, 0.5) is 0 Å². The average Bonchev–Trinajstić information content (AvgIpc) is 2.81. The van der Waals surface area contributed by atoms with Crippen LogP contribution in [0.15, 0.2) is 42.8 Å². The van der Waals surface area contributed by atoms with Gasteiger partial charge in [-0.25, -0.2) is 4.18 Å². The van der Waals surface area contributed by atoms with Crippen molar-refractivity contribution in [2.45, 2.75) is 12.6 Å². The maximum atomic E-state index is 11.2. The number of hydrazine groups is 1. The van der Waals surface area contributed by atoms with Crippen molar-refractivity contribution in [3.63, 3.8) is 0 Å². The number of hydrogen-bond donors (Lipinski definition) is 1. The minimum atomic E-state index is -3.55. The molecule has 2 rings (SSSR count). The van der Waals surface area contributed by atoms with E-state index in [4.69, 9.17) is 9.02 Å². The van der Waals surface area contributed by atoms with E-state index < -0.39 is 16.3 Å². The monoisotopic (exact) mass is 270 g/mol. The van der Waals surface area contributed by atoms with Crippen LogP contribution in [-0.2, 0) is 25.6 Å². The van der Waals surface area contributed by atoms with Gasteiger partial charge in [-0.3, -0.25) is 5.01 Å². The standard InChI is InChI=1S/C11H14N2O4S/c1-18(14,15)17-11(13-7-8-16-12-13)9-10-5-3-2-4-6-10/h2-8,11-12H,9H2,1H3. The minimum Gasteiger partial charge on any atom is -0.395 e. The first kappa shape index (κ1) is 12.9. The van der Waals surface area contributed by atoms with Gasteiger partial charge in [0.15, 0.2) is 6.23 Å². The van der Waals surface area contributed by atoms with Crippen LogP contribution < -0.4 is 5.59 Å². The van der Waals surface area contributed by atoms with Gasteiger partial charge in [0.2, 0.25) is 0 Å². The molecule has 1 aliphatic rings. The highest BCUT2D eigenvalue weighted by molar-refractivity contribution is 7.86. The third kappa shape index (κ3) is 3.73. The number of nitrogens with one attached hydrogen (secondary N) is 1. The van der Waals surface area contributed by atoms with Crippen LogP contribution >= 0.6 is 0 Å². The molecule has 0 amide bonds. The fourth-order valence-electron chi connectivity index (χ4n) is 1.57. The lowest BCUT2D eigenvalue weighted by Crippen LogP contribution is -2.42. The van der Waals surface area contributed by atoms with Gasteiger partial charge >= 0.3 is 0 Å². The molecular formula is C11H14N2O4S. The van der Waals surface area contributed by atoms with Crippen LogP contribution in [0, 0.1) is 0 Å². The van der Waals surface area contributed by atoms with Crippen LogP contribution in [0.3, 0.4) is 0 Å². The normalized spacial score (nSPS) is 16.6. The molecule has 0 saturated heterocycles. The van der Waals surface area contributed by atoms with Crippen molar-refractivity contribution in [1.82, 2.24) is 10.6 Å². The van der Waals surface area contributed by atoms with E-state index in [0.717, 1.165) is 11.8 Å². The molecule has 18 heavy (non-hydrogen) atoms. The van der Waals surface area contributed by atoms with Gasteiger partial charge in [-0.1, -0.05) is 35.9 Å². The van der Waals surface area contributed by atoms with E-state index in [1.54, 1.807) is 6.20 Å². The first-order valence-corrected chi connectivity index (χ1v) is 7.15. The molecule has 1 aromatic carbocycles. The predicted octanol–water partition coefficient (Wildman–Crippen LogP) is 0.754. The SMILES string of the molecule is CS(=O)(=O)OC(Cc1ccccc1)N1C=CON1. The Labute approximate surface area is 106 Å². The summed E-state index contributed by atoms with van der Waals surface area (Å²) in [6.45, 7) is 0. The molecule has 0 aromatic heterocycles. The van der Waals surface area contributed by atoms with Crippen LogP contribution in [0.25, 0.3) is 0 Å². The molecule has 0 saturated carbocycles. The Kier molecular flexibility index (Phi) is 3.85. The predicted molar refractivity (Wildman–Crippen MR) is 65.1 cm³/mol. The molecule has 7 heteroatoms. The molecule has 1 aromatic rings. The van der Waals surface area contributed by atoms with Crippen molar-refractivity contribution in [3.05, 3.63) is 48.4 Å². The summed E-state index contributed by atoms with van der Waals surface area (Å²) >= 11 is 0. The lowest BCUT2D eigenvalue weighted by Gasteiger charge is -2.24. The molecule has 1 unspecified atom stereocenters. The molecule has 1 heterocycles. The first-order valence-electron chi connectivity index (χ1n) is 5.33. The van der Waals surface area contributed by atoms with E-state index in [1.807, 2.05) is 30.3 Å². The van der Waals surface area contributed by atoms with E-state index in [0.29, 0.717) is 6.42 Å². The Morgan fingerprint density at radius 1 is 1.39 bits per heavy atom. The highest BCUT2D eigenvalue weighted by Gasteiger charge is 2.23. The number of hydrogen-bond acceptors (Lipinski definition) is 6. The zero-order chi connectivity index (χ0) is 13.0. The number of nitrogens with zero attached hydrogens (tertiary/aromatic N) is 1. The Hall–Kier alpha value is -1.57. The Morgan fingerprint density at radius 2 is 2.11 bits per heavy atom. The molecular weight excluding hydrogens is 256 g/mol. The summed E-state index contributed by atoms with van der Waals surface area (Å²) in [5.41, 5.74) is 3.50. The smallest absolute Gasteiger partial charge is 0.266 e. The van der Waals surface area contributed by atoms with E-state index >= 15 is 0 Å². The van der Waals surface area contributed by atoms with Gasteiger partial charge in [0.25, 0.3) is 10.1 Å². The summed E-state index contributed by atoms with van der Waals surface area (Å²) in [5, 5.41) is 1.45. The molecule has 0 aliphatic carbocycles. The summed E-state index contributed by atoms with van der Waals surface area (Å²) < 4.78 is 27.5. The third-order valence-electron chi connectivity index (χ3n) is 2.30. The quantitative estimate of drug-likeness (QED) is 0.797. The summed E-state index contributed by atoms with van der Waals surface area (Å²) in [5.74, 6) is 0. The van der Waals surface area contributed by atoms with Crippen molar-refractivity contribution in [2.75, 3.05) is 6.26 Å². The molecule has 0 bridgehead atoms. The molecule has 6 nitrogen and oxygen atoms in total. The summed E-state index contributed by atoms with van der Waals surface area (Å²) in [6.07, 6.45) is 3.71. The van der Waals surface area contributed by atoms with Crippen molar-refractivity contribution < 1.29 is 17.4 Å². The van der Waals surface area contributed by atoms with E-state index in [-0.39, 0.29) is 0 Å². The lowest BCUT2D eigenvalue weighted by atomic mass is 10.1. The van der Waals surface area contributed by atoms with Crippen molar-refractivity contribution in [2.24, 2.45) is 0 Å². The van der Waals surface area contributed by atoms with E-state index in [2.05, 4.69) is 5.59 Å². The molecule has 0 radical (unpaired) electrons. The largest absolute Gasteiger partial charge is 0.395 e. The van der Waals surface area contributed by atoms with Gasteiger partial charge in [-0.15, -0.1) is 0 Å². The maximum absolute atomic E-state index is 11.2. The zero-order valence-corrected chi connectivity index (χ0v) is 10.6. The van der Waals surface area contributed by atoms with Crippen LogP contribution in [0.1, 0.15) is 5.56 Å². The summed E-state index contributed by atoms with van der Waals surface area (Å²) in [7, 11) is -3.55. The van der Waals surface area contributed by atoms with Gasteiger partial charge < -0.3 is 4.84 Å². The summed E-state index contributed by atoms with van der Waals surface area (Å²) in [4.78, 5) is 4.81. The van der Waals surface area contributed by atoms with Gasteiger partial charge in [0.1, 0.15) is 6.26 Å². The van der Waals surface area contributed by atoms with Crippen LogP contribution in [0.2, 0.25) is 0 Å². The van der Waals surface area contributed by atoms with Crippen molar-refractivity contribution in [1.29, 1.82) is 0 Å². The van der Waals surface area contributed by atoms with E-state index in [9.17, 15) is 8.42 Å². The Balaban J connectivity index is 2.12. The van der Waals surface area contributed by atoms with Gasteiger partial charge in [-0.05, 0) is 5.56 Å². The average molecular weight is 270 g/mol. The highest BCUT2D eigenvalue weighted by Crippen LogP contribution is 2.13. The van der Waals surface area contributed by atoms with Gasteiger partial charge in [0.05, 0.1) is 12.5 Å². The number of benzene rings is 1. The van der Waals surface area contributed by atoms with Crippen molar-refractivity contribution >= 4 is 10.1 Å². The van der Waals surface area contributed by atoms with Gasteiger partial charge in [-0.2, -0.15) is 8.42 Å². The van der Waals surface area contributed by atoms with Crippen molar-refractivity contribution in [3.8, 4) is 0 Å². The fourth-order valence-corrected chi connectivity index (χ4v) is 2.13. The topological polar surface area (TPSA) is 67.9 Å². The molecule has 0 fully saturated rings. The maximum Gasteiger partial charge on any atom is 0.266 e. The second-order valence-electron chi connectivity index (χ2n) is 3.85. The minimum absolute atomic E-state index is 0.411. The third-order valence-corrected chi connectivity index (χ3v) is 2.87. The highest BCUT2D eigenvalue weighted by atomic mass is 32.2. The van der Waals surface area contributed by atoms with Crippen LogP contribution in [-0.4, -0.2) is 25.9 Å².